The van der Waals surface area contributed by atoms with Crippen molar-refractivity contribution in [2.75, 3.05) is 19.7 Å². The number of carbonyl (C=O) groups is 4. The summed E-state index contributed by atoms with van der Waals surface area (Å²) in [5.74, 6) is -0.0864. The number of nitrogens with zero attached hydrogens (tertiary/aromatic N) is 1. The van der Waals surface area contributed by atoms with Crippen LogP contribution in [-0.4, -0.2) is 66.4 Å². The molecule has 5 rings (SSSR count). The largest absolute Gasteiger partial charge is 0.491 e. The molecule has 0 unspecified atom stereocenters. The van der Waals surface area contributed by atoms with Crippen LogP contribution in [0.25, 0.3) is 10.8 Å². The molecule has 48 heavy (non-hydrogen) atoms. The fourth-order valence-electron chi connectivity index (χ4n) is 6.76. The number of unbranched alkanes of at least 4 members (excludes halogenated alkanes) is 6. The molecular weight excluding hydrogens is 604 g/mol. The number of hydrogen-bond donors (Lipinski definition) is 3. The standard InChI is InChI=1S/C39H50N4O5/c1-2-3-4-5-6-7-8-18-36(44)42-35-17-12-21-40-38(46)31-15-11-16-34(24-31)48-27-33-25-32(26-43(33)39(35)47)41-37(45)23-28-19-20-29-13-9-10-14-30(29)22-28/h9-11,13-16,19-20,22,24,32-33,35H,2-8,12,17-18,21,23,25-27H2,1H3,(H,40,46)(H,41,45)(H,42,44)/t32-,33-,35-/m0/s1. The van der Waals surface area contributed by atoms with Gasteiger partial charge in [0.1, 0.15) is 18.4 Å². The monoisotopic (exact) mass is 654 g/mol. The van der Waals surface area contributed by atoms with Crippen molar-refractivity contribution in [1.29, 1.82) is 0 Å². The van der Waals surface area contributed by atoms with E-state index in [0.29, 0.717) is 50.1 Å². The molecule has 3 aromatic carbocycles. The summed E-state index contributed by atoms with van der Waals surface area (Å²) in [6.07, 6.45) is 9.82. The number of benzene rings is 3. The van der Waals surface area contributed by atoms with Gasteiger partial charge in [-0.1, -0.05) is 94.0 Å². The Morgan fingerprint density at radius 3 is 2.50 bits per heavy atom. The van der Waals surface area contributed by atoms with E-state index >= 15 is 0 Å². The minimum atomic E-state index is -0.728. The number of carbonyl (C=O) groups excluding carboxylic acids is 4. The average molecular weight is 655 g/mol. The first-order valence-corrected chi connectivity index (χ1v) is 17.8. The molecule has 0 saturated carbocycles. The van der Waals surface area contributed by atoms with Crippen molar-refractivity contribution in [2.45, 2.75) is 102 Å². The maximum Gasteiger partial charge on any atom is 0.251 e. The van der Waals surface area contributed by atoms with Gasteiger partial charge in [0.15, 0.2) is 0 Å². The fraction of sp³-hybridized carbons (Fsp3) is 0.487. The molecule has 0 aliphatic carbocycles. The summed E-state index contributed by atoms with van der Waals surface area (Å²) in [5.41, 5.74) is 1.43. The second kappa shape index (κ2) is 17.7. The molecule has 2 bridgehead atoms. The molecule has 3 aromatic rings. The van der Waals surface area contributed by atoms with E-state index in [1.165, 1.54) is 25.7 Å². The minimum Gasteiger partial charge on any atom is -0.491 e. The molecule has 1 fully saturated rings. The van der Waals surface area contributed by atoms with Gasteiger partial charge in [-0.25, -0.2) is 0 Å². The Balaban J connectivity index is 1.25. The number of hydrogen-bond acceptors (Lipinski definition) is 5. The molecule has 3 N–H and O–H groups in total. The minimum absolute atomic E-state index is 0.105. The maximum atomic E-state index is 14.2. The van der Waals surface area contributed by atoms with Crippen LogP contribution in [0.5, 0.6) is 5.75 Å². The van der Waals surface area contributed by atoms with E-state index in [1.54, 1.807) is 29.2 Å². The number of ether oxygens (including phenoxy) is 1. The van der Waals surface area contributed by atoms with Gasteiger partial charge < -0.3 is 25.6 Å². The third kappa shape index (κ3) is 10.1. The quantitative estimate of drug-likeness (QED) is 0.217. The van der Waals surface area contributed by atoms with E-state index < -0.39 is 6.04 Å². The molecule has 3 atom stereocenters. The van der Waals surface area contributed by atoms with Crippen LogP contribution in [0.4, 0.5) is 0 Å². The topological polar surface area (TPSA) is 117 Å². The predicted molar refractivity (Wildman–Crippen MR) is 188 cm³/mol. The van der Waals surface area contributed by atoms with E-state index in [0.717, 1.165) is 35.6 Å². The van der Waals surface area contributed by atoms with Crippen LogP contribution in [0.2, 0.25) is 0 Å². The first-order valence-electron chi connectivity index (χ1n) is 17.8. The lowest BCUT2D eigenvalue weighted by molar-refractivity contribution is -0.138. The van der Waals surface area contributed by atoms with Gasteiger partial charge in [-0.2, -0.15) is 0 Å². The van der Waals surface area contributed by atoms with Crippen LogP contribution in [-0.2, 0) is 20.8 Å². The maximum absolute atomic E-state index is 14.2. The summed E-state index contributed by atoms with van der Waals surface area (Å²) >= 11 is 0. The van der Waals surface area contributed by atoms with Crippen molar-refractivity contribution in [2.24, 2.45) is 0 Å². The average Bonchev–Trinajstić information content (AvgIpc) is 3.49. The third-order valence-corrected chi connectivity index (χ3v) is 9.38. The number of nitrogens with one attached hydrogen (secondary N) is 3. The van der Waals surface area contributed by atoms with Crippen LogP contribution >= 0.6 is 0 Å². The first-order chi connectivity index (χ1) is 23.4. The van der Waals surface area contributed by atoms with Crippen LogP contribution in [0.1, 0.15) is 93.5 Å². The van der Waals surface area contributed by atoms with E-state index in [2.05, 4.69) is 22.9 Å². The molecule has 256 valence electrons. The third-order valence-electron chi connectivity index (χ3n) is 9.38. The Kier molecular flexibility index (Phi) is 12.9. The molecule has 4 amide bonds. The summed E-state index contributed by atoms with van der Waals surface area (Å²) < 4.78 is 6.13. The van der Waals surface area contributed by atoms with Gasteiger partial charge in [0.25, 0.3) is 5.91 Å². The lowest BCUT2D eigenvalue weighted by Gasteiger charge is -2.29. The van der Waals surface area contributed by atoms with Crippen LogP contribution in [0.15, 0.2) is 66.7 Å². The number of rotatable bonds is 12. The molecule has 0 spiro atoms. The molecule has 2 aliphatic heterocycles. The van der Waals surface area contributed by atoms with E-state index in [4.69, 9.17) is 4.74 Å². The summed E-state index contributed by atoms with van der Waals surface area (Å²) in [6.45, 7) is 3.10. The van der Waals surface area contributed by atoms with E-state index in [1.807, 2.05) is 42.5 Å². The zero-order valence-electron chi connectivity index (χ0n) is 28.2. The first kappa shape index (κ1) is 34.9. The summed E-state index contributed by atoms with van der Waals surface area (Å²) in [4.78, 5) is 55.0. The molecule has 1 saturated heterocycles. The summed E-state index contributed by atoms with van der Waals surface area (Å²) in [6, 6.07) is 19.8. The van der Waals surface area contributed by atoms with Gasteiger partial charge in [0.05, 0.1) is 12.5 Å². The Hall–Kier alpha value is -4.40. The zero-order valence-corrected chi connectivity index (χ0v) is 28.2. The van der Waals surface area contributed by atoms with Crippen LogP contribution < -0.4 is 20.7 Å². The van der Waals surface area contributed by atoms with Crippen molar-refractivity contribution in [3.8, 4) is 5.75 Å². The lowest BCUT2D eigenvalue weighted by Crippen LogP contribution is -2.52. The highest BCUT2D eigenvalue weighted by molar-refractivity contribution is 5.94. The highest BCUT2D eigenvalue weighted by atomic mass is 16.5. The Bertz CT molecular complexity index is 1560. The molecular formula is C39H50N4O5. The van der Waals surface area contributed by atoms with Gasteiger partial charge in [-0.3, -0.25) is 19.2 Å². The SMILES string of the molecule is CCCCCCCCCC(=O)N[C@H]1CCCNC(=O)c2cccc(c2)OC[C@@H]2C[C@H](NC(=O)Cc3ccc4ccccc4c3)CN2C1=O. The lowest BCUT2D eigenvalue weighted by atomic mass is 10.0. The fourth-order valence-corrected chi connectivity index (χ4v) is 6.76. The van der Waals surface area contributed by atoms with Gasteiger partial charge >= 0.3 is 0 Å². The van der Waals surface area contributed by atoms with Crippen molar-refractivity contribution >= 4 is 34.4 Å². The Morgan fingerprint density at radius 1 is 0.875 bits per heavy atom. The van der Waals surface area contributed by atoms with Crippen LogP contribution in [0, 0.1) is 0 Å². The predicted octanol–water partition coefficient (Wildman–Crippen LogP) is 5.70. The van der Waals surface area contributed by atoms with Crippen molar-refractivity contribution in [1.82, 2.24) is 20.9 Å². The second-order valence-corrected chi connectivity index (χ2v) is 13.2. The van der Waals surface area contributed by atoms with Gasteiger partial charge in [-0.15, -0.1) is 0 Å². The Morgan fingerprint density at radius 2 is 1.67 bits per heavy atom. The molecule has 9 nitrogen and oxygen atoms in total. The smallest absolute Gasteiger partial charge is 0.251 e. The van der Waals surface area contributed by atoms with Gasteiger partial charge in [0, 0.05) is 31.1 Å². The summed E-state index contributed by atoms with van der Waals surface area (Å²) in [5, 5.41) is 11.3. The molecule has 0 aromatic heterocycles. The highest BCUT2D eigenvalue weighted by Gasteiger charge is 2.39. The number of amides is 4. The van der Waals surface area contributed by atoms with Crippen LogP contribution in [0.3, 0.4) is 0 Å². The van der Waals surface area contributed by atoms with Crippen molar-refractivity contribution in [3.63, 3.8) is 0 Å². The second-order valence-electron chi connectivity index (χ2n) is 13.2. The van der Waals surface area contributed by atoms with Crippen molar-refractivity contribution < 1.29 is 23.9 Å². The normalized spacial score (nSPS) is 19.9. The Labute approximate surface area is 284 Å². The molecule has 9 heteroatoms. The highest BCUT2D eigenvalue weighted by Crippen LogP contribution is 2.24. The molecule has 2 heterocycles. The van der Waals surface area contributed by atoms with E-state index in [-0.39, 0.29) is 48.7 Å². The number of fused-ring (bicyclic) bond motifs is 4. The van der Waals surface area contributed by atoms with Gasteiger partial charge in [-0.05, 0) is 60.2 Å². The van der Waals surface area contributed by atoms with Crippen molar-refractivity contribution in [3.05, 3.63) is 77.9 Å². The summed E-state index contributed by atoms with van der Waals surface area (Å²) in [7, 11) is 0. The van der Waals surface area contributed by atoms with Gasteiger partial charge in [0.2, 0.25) is 17.7 Å². The molecule has 2 aliphatic rings. The molecule has 0 radical (unpaired) electrons. The zero-order chi connectivity index (χ0) is 33.7. The van der Waals surface area contributed by atoms with E-state index in [9.17, 15) is 19.2 Å².